The molecule has 0 radical (unpaired) electrons. The van der Waals surface area contributed by atoms with E-state index in [1.807, 2.05) is 108 Å². The number of hydrogen-bond donors (Lipinski definition) is 2. The minimum absolute atomic E-state index is 0.187. The molecule has 0 aliphatic carbocycles. The van der Waals surface area contributed by atoms with Crippen LogP contribution in [0, 0.1) is 0 Å². The maximum Gasteiger partial charge on any atom is 0.494 e. The highest BCUT2D eigenvalue weighted by molar-refractivity contribution is 6.62. The molecule has 2 aromatic rings. The topological polar surface area (TPSA) is 124 Å². The fourth-order valence-corrected chi connectivity index (χ4v) is 4.53. The molecule has 0 amide bonds. The Bertz CT molecular complexity index is 1270. The van der Waals surface area contributed by atoms with Gasteiger partial charge in [-0.05, 0) is 120 Å². The lowest BCUT2D eigenvalue weighted by atomic mass is 9.78. The molecule has 2 saturated heterocycles. The Morgan fingerprint density at radius 3 is 1.26 bits per heavy atom. The van der Waals surface area contributed by atoms with Crippen molar-refractivity contribution < 1.29 is 33.3 Å². The first-order chi connectivity index (χ1) is 21.6. The highest BCUT2D eigenvalue weighted by Gasteiger charge is 2.52. The first-order valence-corrected chi connectivity index (χ1v) is 16.3. The van der Waals surface area contributed by atoms with E-state index in [1.54, 1.807) is 24.3 Å². The van der Waals surface area contributed by atoms with Crippen molar-refractivity contribution in [1.82, 2.24) is 9.80 Å². The standard InChI is InChI=1S/C18H28BNO3.C13H17BO4.C4H12N2/c1-17(2)18(3,4)23-19(22-17)15-11-9-14(10-12-15)16(21)8-7-13-20(5)6;1-12(2)13(3,4)18-14(17-12)10-7-5-9(6-8-10)11(15)16;1-6(2)4-3-5/h9-12H,7-8,13H2,1-6H3;5-8H,1-4H3,(H,15,16);3-5H2,1-2H3. The summed E-state index contributed by atoms with van der Waals surface area (Å²) in [5.74, 6) is -0.747. The smallest absolute Gasteiger partial charge is 0.478 e. The lowest BCUT2D eigenvalue weighted by Gasteiger charge is -2.32. The van der Waals surface area contributed by atoms with Crippen LogP contribution in [0.4, 0.5) is 0 Å². The summed E-state index contributed by atoms with van der Waals surface area (Å²) in [5.41, 5.74) is 6.52. The summed E-state index contributed by atoms with van der Waals surface area (Å²) in [5, 5.41) is 8.84. The number of ketones is 1. The molecular formula is C35H57B2N3O7. The summed E-state index contributed by atoms with van der Waals surface area (Å²) in [7, 11) is 7.23. The maximum absolute atomic E-state index is 12.2. The van der Waals surface area contributed by atoms with Gasteiger partial charge in [-0.3, -0.25) is 4.79 Å². The normalized spacial score (nSPS) is 18.8. The zero-order chi connectivity index (χ0) is 35.8. The maximum atomic E-state index is 12.2. The van der Waals surface area contributed by atoms with Gasteiger partial charge >= 0.3 is 20.2 Å². The Labute approximate surface area is 283 Å². The molecule has 2 aromatic carbocycles. The summed E-state index contributed by atoms with van der Waals surface area (Å²) in [6.45, 7) is 18.8. The second kappa shape index (κ2) is 16.7. The van der Waals surface area contributed by atoms with Gasteiger partial charge in [0, 0.05) is 25.1 Å². The number of likely N-dealkylation sites (N-methyl/N-ethyl adjacent to an activating group) is 1. The molecule has 0 atom stereocenters. The summed E-state index contributed by atoms with van der Waals surface area (Å²) < 4.78 is 23.8. The van der Waals surface area contributed by atoms with Gasteiger partial charge in [-0.2, -0.15) is 0 Å². The van der Waals surface area contributed by atoms with Gasteiger partial charge in [-0.15, -0.1) is 0 Å². The molecule has 4 rings (SSSR count). The number of carboxylic acids is 1. The lowest BCUT2D eigenvalue weighted by molar-refractivity contribution is 0.00578. The van der Waals surface area contributed by atoms with E-state index in [4.69, 9.17) is 29.5 Å². The van der Waals surface area contributed by atoms with Crippen molar-refractivity contribution in [2.45, 2.75) is 90.6 Å². The van der Waals surface area contributed by atoms with Gasteiger partial charge in [0.2, 0.25) is 0 Å². The van der Waals surface area contributed by atoms with Crippen LogP contribution in [-0.2, 0) is 18.6 Å². The molecule has 0 spiro atoms. The van der Waals surface area contributed by atoms with Crippen LogP contribution < -0.4 is 16.7 Å². The van der Waals surface area contributed by atoms with Crippen LogP contribution in [0.15, 0.2) is 48.5 Å². The van der Waals surface area contributed by atoms with E-state index in [-0.39, 0.29) is 40.9 Å². The minimum atomic E-state index is -0.935. The van der Waals surface area contributed by atoms with Crippen molar-refractivity contribution in [2.75, 3.05) is 47.8 Å². The second-order valence-corrected chi connectivity index (χ2v) is 14.6. The number of carboxylic acid groups (broad SMARTS) is 1. The number of carbonyl (C=O) groups excluding carboxylic acids is 1. The van der Waals surface area contributed by atoms with Gasteiger partial charge < -0.3 is 39.3 Å². The van der Waals surface area contributed by atoms with E-state index >= 15 is 0 Å². The molecule has 260 valence electrons. The van der Waals surface area contributed by atoms with E-state index in [0.29, 0.717) is 6.42 Å². The van der Waals surface area contributed by atoms with Crippen LogP contribution in [-0.4, -0.2) is 111 Å². The van der Waals surface area contributed by atoms with E-state index in [9.17, 15) is 9.59 Å². The summed E-state index contributed by atoms with van der Waals surface area (Å²) >= 11 is 0. The average Bonchev–Trinajstić information content (AvgIpc) is 3.33. The molecule has 0 saturated carbocycles. The third kappa shape index (κ3) is 11.5. The summed E-state index contributed by atoms with van der Waals surface area (Å²) in [4.78, 5) is 27.1. The highest BCUT2D eigenvalue weighted by atomic mass is 16.7. The molecule has 0 aromatic heterocycles. The van der Waals surface area contributed by atoms with Crippen molar-refractivity contribution in [3.8, 4) is 0 Å². The number of hydrogen-bond acceptors (Lipinski definition) is 9. The van der Waals surface area contributed by atoms with Crippen LogP contribution in [0.25, 0.3) is 0 Å². The Hall–Kier alpha value is -2.57. The third-order valence-electron chi connectivity index (χ3n) is 9.03. The summed E-state index contributed by atoms with van der Waals surface area (Å²) in [6, 6.07) is 14.2. The van der Waals surface area contributed by atoms with E-state index < -0.39 is 13.1 Å². The number of nitrogens with two attached hydrogens (primary N) is 1. The number of benzene rings is 2. The van der Waals surface area contributed by atoms with Crippen LogP contribution in [0.2, 0.25) is 0 Å². The molecule has 0 unspecified atom stereocenters. The molecule has 47 heavy (non-hydrogen) atoms. The minimum Gasteiger partial charge on any atom is -0.478 e. The van der Waals surface area contributed by atoms with Gasteiger partial charge in [0.15, 0.2) is 5.78 Å². The zero-order valence-corrected chi connectivity index (χ0v) is 30.7. The van der Waals surface area contributed by atoms with Crippen LogP contribution >= 0.6 is 0 Å². The Balaban J connectivity index is 0.000000284. The van der Waals surface area contributed by atoms with Gasteiger partial charge in [0.25, 0.3) is 0 Å². The van der Waals surface area contributed by atoms with Crippen molar-refractivity contribution in [2.24, 2.45) is 5.73 Å². The predicted octanol–water partition coefficient (Wildman–Crippen LogP) is 3.70. The molecule has 2 heterocycles. The molecule has 10 nitrogen and oxygen atoms in total. The Morgan fingerprint density at radius 2 is 0.979 bits per heavy atom. The van der Waals surface area contributed by atoms with Gasteiger partial charge in [-0.1, -0.05) is 36.4 Å². The number of aromatic carboxylic acids is 1. The van der Waals surface area contributed by atoms with Crippen molar-refractivity contribution in [3.05, 3.63) is 59.7 Å². The second-order valence-electron chi connectivity index (χ2n) is 14.6. The van der Waals surface area contributed by atoms with Gasteiger partial charge in [0.05, 0.1) is 28.0 Å². The first-order valence-electron chi connectivity index (χ1n) is 16.3. The monoisotopic (exact) mass is 653 g/mol. The zero-order valence-electron chi connectivity index (χ0n) is 30.7. The quantitative estimate of drug-likeness (QED) is 0.290. The number of Topliss-reactive ketones (excluding diaryl/α,β-unsaturated/α-hetero) is 1. The van der Waals surface area contributed by atoms with E-state index in [0.717, 1.165) is 42.5 Å². The van der Waals surface area contributed by atoms with Crippen molar-refractivity contribution >= 4 is 36.9 Å². The number of nitrogens with zero attached hydrogens (tertiary/aromatic N) is 2. The predicted molar refractivity (Wildman–Crippen MR) is 191 cm³/mol. The molecular weight excluding hydrogens is 596 g/mol. The van der Waals surface area contributed by atoms with Crippen LogP contribution in [0.3, 0.4) is 0 Å². The van der Waals surface area contributed by atoms with Crippen molar-refractivity contribution in [3.63, 3.8) is 0 Å². The van der Waals surface area contributed by atoms with Gasteiger partial charge in [0.1, 0.15) is 0 Å². The van der Waals surface area contributed by atoms with Crippen molar-refractivity contribution in [1.29, 1.82) is 0 Å². The number of rotatable bonds is 10. The molecule has 2 aliphatic rings. The largest absolute Gasteiger partial charge is 0.494 e. The van der Waals surface area contributed by atoms with Gasteiger partial charge in [-0.25, -0.2) is 4.79 Å². The lowest BCUT2D eigenvalue weighted by Crippen LogP contribution is -2.41. The Kier molecular flexibility index (Phi) is 14.4. The van der Waals surface area contributed by atoms with Crippen LogP contribution in [0.1, 0.15) is 88.9 Å². The molecule has 12 heteroatoms. The fourth-order valence-electron chi connectivity index (χ4n) is 4.53. The molecule has 0 bridgehead atoms. The number of carbonyl (C=O) groups is 2. The average molecular weight is 653 g/mol. The third-order valence-corrected chi connectivity index (χ3v) is 9.03. The highest BCUT2D eigenvalue weighted by Crippen LogP contribution is 2.37. The first kappa shape index (κ1) is 40.6. The summed E-state index contributed by atoms with van der Waals surface area (Å²) in [6.07, 6.45) is 1.46. The van der Waals surface area contributed by atoms with E-state index in [2.05, 4.69) is 9.80 Å². The van der Waals surface area contributed by atoms with Crippen LogP contribution in [0.5, 0.6) is 0 Å². The van der Waals surface area contributed by atoms with E-state index in [1.165, 1.54) is 0 Å². The Morgan fingerprint density at radius 1 is 0.638 bits per heavy atom. The molecule has 2 aliphatic heterocycles. The molecule has 3 N–H and O–H groups in total. The fraction of sp³-hybridized carbons (Fsp3) is 0.600. The molecule has 2 fully saturated rings. The SMILES string of the molecule is CC1(C)OB(c2ccc(C(=O)O)cc2)OC1(C)C.CN(C)CCCC(=O)c1ccc(B2OC(C)(C)C(C)(C)O2)cc1.CN(C)CCN.